The number of hydrogen-bond donors (Lipinski definition) is 1. The second kappa shape index (κ2) is 6.16. The van der Waals surface area contributed by atoms with Crippen molar-refractivity contribution in [2.75, 3.05) is 19.6 Å². The second-order valence-corrected chi connectivity index (χ2v) is 3.77. The van der Waals surface area contributed by atoms with E-state index in [1.165, 1.54) is 11.1 Å². The molecule has 0 unspecified atom stereocenters. The van der Waals surface area contributed by atoms with Gasteiger partial charge in [0.1, 0.15) is 0 Å². The molecule has 0 spiro atoms. The number of nitrogens with zero attached hydrogens (tertiary/aromatic N) is 1. The van der Waals surface area contributed by atoms with Crippen molar-refractivity contribution in [2.24, 2.45) is 0 Å². The quantitative estimate of drug-likeness (QED) is 0.725. The molecule has 1 aliphatic heterocycles. The van der Waals surface area contributed by atoms with Gasteiger partial charge in [0.05, 0.1) is 0 Å². The van der Waals surface area contributed by atoms with E-state index >= 15 is 0 Å². The van der Waals surface area contributed by atoms with Gasteiger partial charge in [0.25, 0.3) is 0 Å². The van der Waals surface area contributed by atoms with Gasteiger partial charge in [-0.2, -0.15) is 0 Å². The highest BCUT2D eigenvalue weighted by Crippen LogP contribution is 2.21. The average molecular weight is 220 g/mol. The van der Waals surface area contributed by atoms with E-state index in [1.807, 2.05) is 24.0 Å². The molecule has 0 saturated heterocycles. The Bertz CT molecular complexity index is 329. The third-order valence-corrected chi connectivity index (χ3v) is 2.67. The summed E-state index contributed by atoms with van der Waals surface area (Å²) in [5.74, 6) is 0. The van der Waals surface area contributed by atoms with Gasteiger partial charge in [0.2, 0.25) is 0 Å². The van der Waals surface area contributed by atoms with Crippen LogP contribution in [0.15, 0.2) is 36.0 Å². The van der Waals surface area contributed by atoms with Crippen LogP contribution in [0.4, 0.5) is 4.79 Å². The lowest BCUT2D eigenvalue weighted by atomic mass is 10.1. The summed E-state index contributed by atoms with van der Waals surface area (Å²) in [6.07, 6.45) is 6.72. The Morgan fingerprint density at radius 3 is 2.81 bits per heavy atom. The molecule has 16 heavy (non-hydrogen) atoms. The molecule has 1 rings (SSSR count). The Balaban J connectivity index is 2.67. The molecule has 0 fully saturated rings. The number of hydrogen-bond acceptors (Lipinski definition) is 1. The first kappa shape index (κ1) is 12.6. The summed E-state index contributed by atoms with van der Waals surface area (Å²) in [4.78, 5) is 13.5. The fourth-order valence-corrected chi connectivity index (χ4v) is 1.81. The van der Waals surface area contributed by atoms with Gasteiger partial charge in [0, 0.05) is 19.6 Å². The number of amides is 2. The molecule has 0 aromatic carbocycles. The lowest BCUT2D eigenvalue weighted by Gasteiger charge is -2.16. The molecule has 1 heterocycles. The van der Waals surface area contributed by atoms with E-state index in [-0.39, 0.29) is 6.03 Å². The van der Waals surface area contributed by atoms with Crippen LogP contribution in [0.5, 0.6) is 0 Å². The highest BCUT2D eigenvalue weighted by molar-refractivity contribution is 5.75. The predicted octanol–water partition coefficient (Wildman–Crippen LogP) is 2.48. The summed E-state index contributed by atoms with van der Waals surface area (Å²) in [5.41, 5.74) is 2.58. The van der Waals surface area contributed by atoms with Crippen LogP contribution >= 0.6 is 0 Å². The first-order valence-electron chi connectivity index (χ1n) is 5.75. The van der Waals surface area contributed by atoms with Gasteiger partial charge in [0.15, 0.2) is 0 Å². The Kier molecular flexibility index (Phi) is 4.83. The zero-order chi connectivity index (χ0) is 12.0. The Morgan fingerprint density at radius 1 is 1.50 bits per heavy atom. The van der Waals surface area contributed by atoms with E-state index in [1.54, 1.807) is 6.08 Å². The van der Waals surface area contributed by atoms with E-state index in [4.69, 9.17) is 0 Å². The van der Waals surface area contributed by atoms with Crippen molar-refractivity contribution in [3.05, 3.63) is 36.0 Å². The van der Waals surface area contributed by atoms with Gasteiger partial charge in [-0.15, -0.1) is 0 Å². The van der Waals surface area contributed by atoms with Gasteiger partial charge in [-0.3, -0.25) is 0 Å². The molecule has 1 N–H and O–H groups in total. The standard InChI is InChI=1S/C13H20N2O/c1-4-7-8-12-10-15(9-11(12)5-2)13(16)14-6-3/h4,7-8H,1,5-6,9-10H2,2-3H3,(H,14,16)/b8-7-. The Labute approximate surface area is 97.5 Å². The molecule has 2 amide bonds. The fraction of sp³-hybridized carbons (Fsp3) is 0.462. The minimum atomic E-state index is 0.0236. The largest absolute Gasteiger partial charge is 0.338 e. The molecule has 0 atom stereocenters. The molecule has 0 aliphatic carbocycles. The number of carbonyl (C=O) groups is 1. The van der Waals surface area contributed by atoms with Crippen LogP contribution in [0.2, 0.25) is 0 Å². The first-order chi connectivity index (χ1) is 7.72. The molecule has 0 saturated carbocycles. The maximum Gasteiger partial charge on any atom is 0.317 e. The monoisotopic (exact) mass is 220 g/mol. The molecule has 0 radical (unpaired) electrons. The van der Waals surface area contributed by atoms with Crippen molar-refractivity contribution < 1.29 is 4.79 Å². The summed E-state index contributed by atoms with van der Waals surface area (Å²) >= 11 is 0. The third-order valence-electron chi connectivity index (χ3n) is 2.67. The van der Waals surface area contributed by atoms with Gasteiger partial charge >= 0.3 is 6.03 Å². The minimum absolute atomic E-state index is 0.0236. The maximum absolute atomic E-state index is 11.7. The lowest BCUT2D eigenvalue weighted by Crippen LogP contribution is -2.38. The van der Waals surface area contributed by atoms with E-state index < -0.39 is 0 Å². The number of rotatable bonds is 4. The normalized spacial score (nSPS) is 16.0. The minimum Gasteiger partial charge on any atom is -0.338 e. The third kappa shape index (κ3) is 2.99. The lowest BCUT2D eigenvalue weighted by molar-refractivity contribution is 0.210. The van der Waals surface area contributed by atoms with Crippen LogP contribution in [0, 0.1) is 0 Å². The van der Waals surface area contributed by atoms with E-state index in [9.17, 15) is 4.79 Å². The van der Waals surface area contributed by atoms with Crippen molar-refractivity contribution in [1.29, 1.82) is 0 Å². The topological polar surface area (TPSA) is 32.3 Å². The molecular weight excluding hydrogens is 200 g/mol. The first-order valence-corrected chi connectivity index (χ1v) is 5.75. The molecule has 0 aromatic rings. The van der Waals surface area contributed by atoms with Gasteiger partial charge in [-0.05, 0) is 24.5 Å². The fourth-order valence-electron chi connectivity index (χ4n) is 1.81. The smallest absolute Gasteiger partial charge is 0.317 e. The highest BCUT2D eigenvalue weighted by Gasteiger charge is 2.22. The average Bonchev–Trinajstić information content (AvgIpc) is 2.70. The summed E-state index contributed by atoms with van der Waals surface area (Å²) in [6, 6.07) is 0.0236. The van der Waals surface area contributed by atoms with Crippen LogP contribution < -0.4 is 5.32 Å². The van der Waals surface area contributed by atoms with E-state index in [2.05, 4.69) is 18.8 Å². The summed E-state index contributed by atoms with van der Waals surface area (Å²) in [6.45, 7) is 9.84. The van der Waals surface area contributed by atoms with Gasteiger partial charge < -0.3 is 10.2 Å². The molecule has 3 heteroatoms. The summed E-state index contributed by atoms with van der Waals surface area (Å²) in [5, 5.41) is 2.82. The van der Waals surface area contributed by atoms with E-state index in [0.29, 0.717) is 13.1 Å². The van der Waals surface area contributed by atoms with Crippen LogP contribution in [0.25, 0.3) is 0 Å². The maximum atomic E-state index is 11.7. The van der Waals surface area contributed by atoms with Crippen LogP contribution in [-0.2, 0) is 0 Å². The number of nitrogens with one attached hydrogen (secondary N) is 1. The van der Waals surface area contributed by atoms with Crippen LogP contribution in [-0.4, -0.2) is 30.6 Å². The van der Waals surface area contributed by atoms with Crippen molar-refractivity contribution in [3.8, 4) is 0 Å². The van der Waals surface area contributed by atoms with Gasteiger partial charge in [-0.1, -0.05) is 31.7 Å². The highest BCUT2D eigenvalue weighted by atomic mass is 16.2. The van der Waals surface area contributed by atoms with Crippen molar-refractivity contribution >= 4 is 6.03 Å². The van der Waals surface area contributed by atoms with Crippen molar-refractivity contribution in [3.63, 3.8) is 0 Å². The second-order valence-electron chi connectivity index (χ2n) is 3.77. The van der Waals surface area contributed by atoms with Crippen LogP contribution in [0.1, 0.15) is 20.3 Å². The van der Waals surface area contributed by atoms with Gasteiger partial charge in [-0.25, -0.2) is 4.79 Å². The van der Waals surface area contributed by atoms with Crippen LogP contribution in [0.3, 0.4) is 0 Å². The number of carbonyl (C=O) groups excluding carboxylic acids is 1. The Hall–Kier alpha value is -1.51. The Morgan fingerprint density at radius 2 is 2.25 bits per heavy atom. The molecule has 88 valence electrons. The summed E-state index contributed by atoms with van der Waals surface area (Å²) < 4.78 is 0. The molecule has 0 bridgehead atoms. The number of urea groups is 1. The number of allylic oxidation sites excluding steroid dienone is 2. The zero-order valence-corrected chi connectivity index (χ0v) is 10.1. The SMILES string of the molecule is C=C/C=C\C1=C(CC)CN(C(=O)NCC)C1. The zero-order valence-electron chi connectivity index (χ0n) is 10.1. The van der Waals surface area contributed by atoms with Crippen molar-refractivity contribution in [2.45, 2.75) is 20.3 Å². The summed E-state index contributed by atoms with van der Waals surface area (Å²) in [7, 11) is 0. The van der Waals surface area contributed by atoms with E-state index in [0.717, 1.165) is 13.0 Å². The van der Waals surface area contributed by atoms with Crippen molar-refractivity contribution in [1.82, 2.24) is 10.2 Å². The molecular formula is C13H20N2O. The molecule has 1 aliphatic rings. The molecule has 0 aromatic heterocycles. The predicted molar refractivity (Wildman–Crippen MR) is 67.3 cm³/mol. The molecule has 3 nitrogen and oxygen atoms in total.